The average Bonchev–Trinajstić information content (AvgIpc) is 2.84. The number of ketones is 1. The molecule has 1 N–H and O–H groups in total. The molecule has 6 nitrogen and oxygen atoms in total. The second-order valence-corrected chi connectivity index (χ2v) is 6.92. The van der Waals surface area contributed by atoms with E-state index in [0.717, 1.165) is 12.8 Å². The van der Waals surface area contributed by atoms with Crippen LogP contribution >= 0.6 is 0 Å². The lowest BCUT2D eigenvalue weighted by atomic mass is 9.81. The molecule has 9 heteroatoms. The summed E-state index contributed by atoms with van der Waals surface area (Å²) in [6.07, 6.45) is 2.79. The van der Waals surface area contributed by atoms with Crippen LogP contribution in [0.25, 0.3) is 0 Å². The number of Topliss-reactive ketones (excluding diaryl/α,β-unsaturated/α-hetero) is 1. The van der Waals surface area contributed by atoms with E-state index in [4.69, 9.17) is 4.55 Å². The van der Waals surface area contributed by atoms with Crippen molar-refractivity contribution in [3.63, 3.8) is 0 Å². The van der Waals surface area contributed by atoms with E-state index >= 15 is 0 Å². The molecule has 2 rings (SSSR count). The smallest absolute Gasteiger partial charge is 0.460 e. The molecule has 0 spiro atoms. The molecule has 0 aromatic heterocycles. The SMILES string of the molecule is O=C1CC2(CCOC(=O)C(F)(F)S(=O)(=O)O)CCC1C2. The molecule has 2 aliphatic rings. The van der Waals surface area contributed by atoms with Crippen molar-refractivity contribution >= 4 is 21.9 Å². The van der Waals surface area contributed by atoms with E-state index in [1.54, 1.807) is 0 Å². The fraction of sp³-hybridized carbons (Fsp3) is 0.818. The first-order valence-electron chi connectivity index (χ1n) is 6.12. The topological polar surface area (TPSA) is 97.7 Å². The third-order valence-corrected chi connectivity index (χ3v) is 4.95. The van der Waals surface area contributed by atoms with Crippen molar-refractivity contribution in [1.82, 2.24) is 0 Å². The molecule has 2 fully saturated rings. The summed E-state index contributed by atoms with van der Waals surface area (Å²) in [6, 6.07) is 0. The number of hydrogen-bond donors (Lipinski definition) is 1. The van der Waals surface area contributed by atoms with Gasteiger partial charge in [0, 0.05) is 12.3 Å². The van der Waals surface area contributed by atoms with E-state index < -0.39 is 27.9 Å². The molecule has 0 heterocycles. The number of hydrogen-bond acceptors (Lipinski definition) is 5. The number of fused-ring (bicyclic) bond motifs is 2. The summed E-state index contributed by atoms with van der Waals surface area (Å²) >= 11 is 0. The van der Waals surface area contributed by atoms with Crippen molar-refractivity contribution in [2.75, 3.05) is 6.61 Å². The van der Waals surface area contributed by atoms with E-state index in [1.165, 1.54) is 0 Å². The van der Waals surface area contributed by atoms with Crippen LogP contribution in [0.4, 0.5) is 8.78 Å². The van der Waals surface area contributed by atoms with Crippen LogP contribution in [-0.2, 0) is 24.4 Å². The summed E-state index contributed by atoms with van der Waals surface area (Å²) in [6.45, 7) is -0.399. The van der Waals surface area contributed by atoms with Gasteiger partial charge in [0.2, 0.25) is 0 Å². The van der Waals surface area contributed by atoms with Crippen molar-refractivity contribution in [3.8, 4) is 0 Å². The van der Waals surface area contributed by atoms with Crippen molar-refractivity contribution in [2.24, 2.45) is 11.3 Å². The highest BCUT2D eigenvalue weighted by atomic mass is 32.2. The molecule has 0 aliphatic heterocycles. The molecule has 2 atom stereocenters. The van der Waals surface area contributed by atoms with Gasteiger partial charge in [-0.15, -0.1) is 0 Å². The van der Waals surface area contributed by atoms with Crippen LogP contribution in [0.15, 0.2) is 0 Å². The number of alkyl halides is 2. The fourth-order valence-corrected chi connectivity index (χ4v) is 3.29. The van der Waals surface area contributed by atoms with Gasteiger partial charge in [-0.2, -0.15) is 17.2 Å². The minimum absolute atomic E-state index is 0.0185. The van der Waals surface area contributed by atoms with Gasteiger partial charge in [0.25, 0.3) is 0 Å². The third kappa shape index (κ3) is 2.56. The molecule has 2 bridgehead atoms. The maximum absolute atomic E-state index is 12.9. The summed E-state index contributed by atoms with van der Waals surface area (Å²) in [5.41, 5.74) is -0.310. The zero-order valence-corrected chi connectivity index (χ0v) is 11.3. The Labute approximate surface area is 114 Å². The van der Waals surface area contributed by atoms with Gasteiger partial charge in [-0.1, -0.05) is 0 Å². The van der Waals surface area contributed by atoms with Gasteiger partial charge in [-0.3, -0.25) is 9.35 Å². The third-order valence-electron chi connectivity index (χ3n) is 4.13. The Kier molecular flexibility index (Phi) is 3.62. The summed E-state index contributed by atoms with van der Waals surface area (Å²) in [5, 5.41) is -4.96. The Morgan fingerprint density at radius 2 is 2.15 bits per heavy atom. The van der Waals surface area contributed by atoms with E-state index in [1.807, 2.05) is 0 Å². The van der Waals surface area contributed by atoms with Gasteiger partial charge in [0.05, 0.1) is 6.61 Å². The van der Waals surface area contributed by atoms with Crippen molar-refractivity contribution in [3.05, 3.63) is 0 Å². The Morgan fingerprint density at radius 3 is 2.60 bits per heavy atom. The van der Waals surface area contributed by atoms with Gasteiger partial charge in [0.15, 0.2) is 0 Å². The Hall–Kier alpha value is -1.09. The number of carbonyl (C=O) groups excluding carboxylic acids is 2. The number of ether oxygens (including phenoxy) is 1. The maximum Gasteiger partial charge on any atom is 0.465 e. The lowest BCUT2D eigenvalue weighted by Crippen LogP contribution is -2.39. The van der Waals surface area contributed by atoms with E-state index in [-0.39, 0.29) is 23.5 Å². The molecule has 0 saturated heterocycles. The maximum atomic E-state index is 12.9. The molecule has 2 saturated carbocycles. The molecular weight excluding hydrogens is 298 g/mol. The standard InChI is InChI=1S/C11H14F2O6S/c12-11(13,20(16,17)18)9(15)19-4-3-10-2-1-7(5-10)8(14)6-10/h7H,1-6H2,(H,16,17,18). The number of halogens is 2. The lowest BCUT2D eigenvalue weighted by Gasteiger charge is -2.25. The van der Waals surface area contributed by atoms with Gasteiger partial charge < -0.3 is 4.74 Å². The zero-order chi connectivity index (χ0) is 15.2. The molecule has 20 heavy (non-hydrogen) atoms. The van der Waals surface area contributed by atoms with Gasteiger partial charge >= 0.3 is 21.3 Å². The summed E-state index contributed by atoms with van der Waals surface area (Å²) in [4.78, 5) is 22.5. The lowest BCUT2D eigenvalue weighted by molar-refractivity contribution is -0.162. The highest BCUT2D eigenvalue weighted by Crippen LogP contribution is 2.54. The van der Waals surface area contributed by atoms with E-state index in [2.05, 4.69) is 4.74 Å². The van der Waals surface area contributed by atoms with Gasteiger partial charge in [0.1, 0.15) is 5.78 Å². The Balaban J connectivity index is 1.88. The van der Waals surface area contributed by atoms with Crippen LogP contribution in [0, 0.1) is 11.3 Å². The molecule has 114 valence electrons. The predicted molar refractivity (Wildman–Crippen MR) is 61.5 cm³/mol. The molecule has 2 unspecified atom stereocenters. The van der Waals surface area contributed by atoms with Crippen LogP contribution in [0.3, 0.4) is 0 Å². The first kappa shape index (κ1) is 15.3. The zero-order valence-electron chi connectivity index (χ0n) is 10.5. The minimum atomic E-state index is -5.83. The van der Waals surface area contributed by atoms with Crippen LogP contribution in [0.1, 0.15) is 32.1 Å². The summed E-state index contributed by atoms with van der Waals surface area (Å²) < 4.78 is 59.0. The first-order chi connectivity index (χ1) is 9.07. The second-order valence-electron chi connectivity index (χ2n) is 5.46. The highest BCUT2D eigenvalue weighted by Gasteiger charge is 2.55. The monoisotopic (exact) mass is 312 g/mol. The Bertz CT molecular complexity index is 543. The van der Waals surface area contributed by atoms with Crippen LogP contribution in [0.2, 0.25) is 0 Å². The van der Waals surface area contributed by atoms with Gasteiger partial charge in [-0.25, -0.2) is 4.79 Å². The minimum Gasteiger partial charge on any atom is -0.460 e. The molecule has 0 aromatic carbocycles. The van der Waals surface area contributed by atoms with E-state index in [9.17, 15) is 26.8 Å². The predicted octanol–water partition coefficient (Wildman–Crippen LogP) is 1.16. The van der Waals surface area contributed by atoms with Crippen molar-refractivity contribution < 1.29 is 36.1 Å². The van der Waals surface area contributed by atoms with Crippen molar-refractivity contribution in [1.29, 1.82) is 0 Å². The first-order valence-corrected chi connectivity index (χ1v) is 7.56. The molecular formula is C11H14F2O6S. The van der Waals surface area contributed by atoms with Gasteiger partial charge in [-0.05, 0) is 31.1 Å². The van der Waals surface area contributed by atoms with Crippen molar-refractivity contribution in [2.45, 2.75) is 37.4 Å². The normalized spacial score (nSPS) is 29.8. The van der Waals surface area contributed by atoms with Crippen LogP contribution in [0.5, 0.6) is 0 Å². The quantitative estimate of drug-likeness (QED) is 0.604. The number of esters is 1. The molecule has 0 aromatic rings. The summed E-state index contributed by atoms with van der Waals surface area (Å²) in [5.74, 6) is -2.13. The van der Waals surface area contributed by atoms with E-state index in [0.29, 0.717) is 12.8 Å². The largest absolute Gasteiger partial charge is 0.465 e. The number of carbonyl (C=O) groups is 2. The molecule has 0 radical (unpaired) electrons. The molecule has 0 amide bonds. The molecule has 2 aliphatic carbocycles. The second kappa shape index (κ2) is 4.73. The van der Waals surface area contributed by atoms with Crippen LogP contribution < -0.4 is 0 Å². The number of rotatable bonds is 5. The average molecular weight is 312 g/mol. The highest BCUT2D eigenvalue weighted by molar-refractivity contribution is 7.87. The fourth-order valence-electron chi connectivity index (χ4n) is 3.02. The Morgan fingerprint density at radius 1 is 1.50 bits per heavy atom. The van der Waals surface area contributed by atoms with Crippen LogP contribution in [-0.4, -0.2) is 36.6 Å². The summed E-state index contributed by atoms with van der Waals surface area (Å²) in [7, 11) is -5.83.